The van der Waals surface area contributed by atoms with Crippen molar-refractivity contribution in [3.8, 4) is 0 Å². The van der Waals surface area contributed by atoms with E-state index in [0.717, 1.165) is 18.1 Å². The summed E-state index contributed by atoms with van der Waals surface area (Å²) in [5.74, 6) is 0.539. The van der Waals surface area contributed by atoms with Crippen LogP contribution in [0.2, 0.25) is 0 Å². The van der Waals surface area contributed by atoms with Gasteiger partial charge in [0.15, 0.2) is 5.58 Å². The zero-order valence-electron chi connectivity index (χ0n) is 10.5. The standard InChI is InChI=1S/C13H14N4O2/c1-2-17-6-5-14-12(17)8-15-9-3-4-11-10(7-9)16-13(18)19-11/h3-7,15H,2,8H2,1H3,(H,16,18). The number of anilines is 1. The highest BCUT2D eigenvalue weighted by atomic mass is 16.4. The molecule has 1 aromatic carbocycles. The summed E-state index contributed by atoms with van der Waals surface area (Å²) < 4.78 is 7.03. The van der Waals surface area contributed by atoms with Crippen molar-refractivity contribution in [3.63, 3.8) is 0 Å². The van der Waals surface area contributed by atoms with Crippen molar-refractivity contribution in [2.24, 2.45) is 0 Å². The zero-order chi connectivity index (χ0) is 13.2. The predicted molar refractivity (Wildman–Crippen MR) is 72.1 cm³/mol. The monoisotopic (exact) mass is 258 g/mol. The second-order valence-corrected chi connectivity index (χ2v) is 4.21. The third-order valence-electron chi connectivity index (χ3n) is 3.01. The van der Waals surface area contributed by atoms with Gasteiger partial charge >= 0.3 is 5.76 Å². The summed E-state index contributed by atoms with van der Waals surface area (Å²) in [6.45, 7) is 3.60. The molecular formula is C13H14N4O2. The molecule has 6 nitrogen and oxygen atoms in total. The minimum absolute atomic E-state index is 0.436. The molecule has 0 amide bonds. The Morgan fingerprint density at radius 3 is 3.21 bits per heavy atom. The Labute approximate surface area is 109 Å². The Hall–Kier alpha value is -2.50. The summed E-state index contributed by atoms with van der Waals surface area (Å²) in [5, 5.41) is 3.28. The first-order valence-corrected chi connectivity index (χ1v) is 6.13. The smallest absolute Gasteiger partial charge is 0.408 e. The average molecular weight is 258 g/mol. The Morgan fingerprint density at radius 1 is 1.47 bits per heavy atom. The van der Waals surface area contributed by atoms with Crippen molar-refractivity contribution in [2.75, 3.05) is 5.32 Å². The molecule has 0 bridgehead atoms. The molecular weight excluding hydrogens is 244 g/mol. The number of benzene rings is 1. The molecule has 0 aliphatic carbocycles. The number of nitrogens with one attached hydrogen (secondary N) is 2. The van der Waals surface area contributed by atoms with Crippen LogP contribution in [0, 0.1) is 0 Å². The highest BCUT2D eigenvalue weighted by Gasteiger charge is 2.04. The number of rotatable bonds is 4. The van der Waals surface area contributed by atoms with Crippen LogP contribution < -0.4 is 11.1 Å². The topological polar surface area (TPSA) is 75.8 Å². The van der Waals surface area contributed by atoms with Gasteiger partial charge in [-0.05, 0) is 25.1 Å². The molecule has 19 heavy (non-hydrogen) atoms. The quantitative estimate of drug-likeness (QED) is 0.750. The highest BCUT2D eigenvalue weighted by molar-refractivity contribution is 5.76. The molecule has 3 aromatic rings. The summed E-state index contributed by atoms with van der Waals surface area (Å²) in [6, 6.07) is 5.49. The van der Waals surface area contributed by atoms with Crippen molar-refractivity contribution in [1.29, 1.82) is 0 Å². The van der Waals surface area contributed by atoms with Crippen molar-refractivity contribution in [3.05, 3.63) is 47.0 Å². The van der Waals surface area contributed by atoms with E-state index in [4.69, 9.17) is 4.42 Å². The lowest BCUT2D eigenvalue weighted by molar-refractivity contribution is 0.555. The second kappa shape index (κ2) is 4.64. The van der Waals surface area contributed by atoms with Crippen LogP contribution in [0.5, 0.6) is 0 Å². The third-order valence-corrected chi connectivity index (χ3v) is 3.01. The van der Waals surface area contributed by atoms with Crippen LogP contribution in [0.25, 0.3) is 11.1 Å². The number of H-pyrrole nitrogens is 1. The van der Waals surface area contributed by atoms with E-state index in [9.17, 15) is 4.79 Å². The van der Waals surface area contributed by atoms with E-state index >= 15 is 0 Å². The van der Waals surface area contributed by atoms with Gasteiger partial charge in [0.25, 0.3) is 0 Å². The lowest BCUT2D eigenvalue weighted by Crippen LogP contribution is -2.07. The average Bonchev–Trinajstić information content (AvgIpc) is 3.00. The van der Waals surface area contributed by atoms with Gasteiger partial charge in [-0.15, -0.1) is 0 Å². The number of hydrogen-bond donors (Lipinski definition) is 2. The number of hydrogen-bond acceptors (Lipinski definition) is 4. The third kappa shape index (κ3) is 2.24. The minimum atomic E-state index is -0.436. The first-order valence-electron chi connectivity index (χ1n) is 6.13. The maximum atomic E-state index is 11.1. The number of oxazole rings is 1. The number of nitrogens with zero attached hydrogens (tertiary/aromatic N) is 2. The lowest BCUT2D eigenvalue weighted by atomic mass is 10.3. The van der Waals surface area contributed by atoms with Crippen LogP contribution in [-0.4, -0.2) is 14.5 Å². The van der Waals surface area contributed by atoms with E-state index < -0.39 is 5.76 Å². The van der Waals surface area contributed by atoms with E-state index in [1.807, 2.05) is 18.3 Å². The van der Waals surface area contributed by atoms with Gasteiger partial charge in [0.05, 0.1) is 12.1 Å². The molecule has 2 aromatic heterocycles. The molecule has 3 rings (SSSR count). The molecule has 0 fully saturated rings. The summed E-state index contributed by atoms with van der Waals surface area (Å²) in [4.78, 5) is 18.0. The predicted octanol–water partition coefficient (Wildman–Crippen LogP) is 1.95. The van der Waals surface area contributed by atoms with Gasteiger partial charge in [0.1, 0.15) is 5.82 Å². The number of aromatic nitrogens is 3. The Bertz CT molecular complexity index is 753. The van der Waals surface area contributed by atoms with Gasteiger partial charge in [-0.3, -0.25) is 4.98 Å². The van der Waals surface area contributed by atoms with Crippen LogP contribution >= 0.6 is 0 Å². The summed E-state index contributed by atoms with van der Waals surface area (Å²) in [5.41, 5.74) is 2.16. The van der Waals surface area contributed by atoms with Crippen LogP contribution in [0.3, 0.4) is 0 Å². The molecule has 0 spiro atoms. The molecule has 0 atom stereocenters. The fourth-order valence-corrected chi connectivity index (χ4v) is 2.04. The van der Waals surface area contributed by atoms with Crippen LogP contribution in [0.15, 0.2) is 39.8 Å². The van der Waals surface area contributed by atoms with Crippen LogP contribution in [-0.2, 0) is 13.1 Å². The largest absolute Gasteiger partial charge is 0.417 e. The van der Waals surface area contributed by atoms with E-state index in [2.05, 4.69) is 26.8 Å². The van der Waals surface area contributed by atoms with Gasteiger partial charge < -0.3 is 14.3 Å². The van der Waals surface area contributed by atoms with Gasteiger partial charge in [-0.25, -0.2) is 9.78 Å². The second-order valence-electron chi connectivity index (χ2n) is 4.21. The molecule has 0 aliphatic rings. The van der Waals surface area contributed by atoms with E-state index in [1.165, 1.54) is 0 Å². The first kappa shape index (κ1) is 11.6. The number of aryl methyl sites for hydroxylation is 1. The van der Waals surface area contributed by atoms with E-state index in [1.54, 1.807) is 12.3 Å². The maximum absolute atomic E-state index is 11.1. The Morgan fingerprint density at radius 2 is 2.37 bits per heavy atom. The van der Waals surface area contributed by atoms with Gasteiger partial charge in [-0.1, -0.05) is 0 Å². The molecule has 6 heteroatoms. The molecule has 2 heterocycles. The van der Waals surface area contributed by atoms with Gasteiger partial charge in [0, 0.05) is 24.6 Å². The van der Waals surface area contributed by atoms with Crippen molar-refractivity contribution in [2.45, 2.75) is 20.0 Å². The lowest BCUT2D eigenvalue weighted by Gasteiger charge is -2.07. The van der Waals surface area contributed by atoms with E-state index in [0.29, 0.717) is 17.6 Å². The van der Waals surface area contributed by atoms with Crippen molar-refractivity contribution < 1.29 is 4.42 Å². The first-order chi connectivity index (χ1) is 9.26. The highest BCUT2D eigenvalue weighted by Crippen LogP contribution is 2.16. The molecule has 2 N–H and O–H groups in total. The molecule has 0 unspecified atom stereocenters. The number of aromatic amines is 1. The minimum Gasteiger partial charge on any atom is -0.408 e. The van der Waals surface area contributed by atoms with Crippen LogP contribution in [0.4, 0.5) is 5.69 Å². The van der Waals surface area contributed by atoms with Gasteiger partial charge in [-0.2, -0.15) is 0 Å². The fraction of sp³-hybridized carbons (Fsp3) is 0.231. The maximum Gasteiger partial charge on any atom is 0.417 e. The molecule has 0 aliphatic heterocycles. The van der Waals surface area contributed by atoms with Gasteiger partial charge in [0.2, 0.25) is 0 Å². The van der Waals surface area contributed by atoms with E-state index in [-0.39, 0.29) is 0 Å². The normalized spacial score (nSPS) is 11.0. The fourth-order valence-electron chi connectivity index (χ4n) is 2.04. The summed E-state index contributed by atoms with van der Waals surface area (Å²) in [7, 11) is 0. The van der Waals surface area contributed by atoms with Crippen molar-refractivity contribution in [1.82, 2.24) is 14.5 Å². The Balaban J connectivity index is 1.79. The molecule has 0 saturated heterocycles. The summed E-state index contributed by atoms with van der Waals surface area (Å²) >= 11 is 0. The summed E-state index contributed by atoms with van der Waals surface area (Å²) in [6.07, 6.45) is 3.74. The van der Waals surface area contributed by atoms with Crippen LogP contribution in [0.1, 0.15) is 12.7 Å². The number of imidazole rings is 1. The SMILES string of the molecule is CCn1ccnc1CNc1ccc2oc(=O)[nH]c2c1. The molecule has 0 radical (unpaired) electrons. The van der Waals surface area contributed by atoms with Crippen molar-refractivity contribution >= 4 is 16.8 Å². The molecule has 0 saturated carbocycles. The Kier molecular flexibility index (Phi) is 2.83. The zero-order valence-corrected chi connectivity index (χ0v) is 10.5. The molecule has 98 valence electrons. The number of fused-ring (bicyclic) bond motifs is 1.